The summed E-state index contributed by atoms with van der Waals surface area (Å²) in [5, 5.41) is 12.4. The highest BCUT2D eigenvalue weighted by atomic mass is 31.2. The molecule has 0 aromatic heterocycles. The van der Waals surface area contributed by atoms with Gasteiger partial charge in [0.1, 0.15) is 12.7 Å². The normalized spacial score (nSPS) is 14.5. The summed E-state index contributed by atoms with van der Waals surface area (Å²) in [5.74, 6) is -0.607. The molecule has 1 amide bonds. The molecule has 250 valence electrons. The van der Waals surface area contributed by atoms with Gasteiger partial charge in [-0.15, -0.1) is 0 Å². The molecule has 2 atom stereocenters. The Morgan fingerprint density at radius 2 is 1.27 bits per heavy atom. The maximum atomic E-state index is 11.9. The second-order valence-corrected chi connectivity index (χ2v) is 11.5. The van der Waals surface area contributed by atoms with E-state index in [1.165, 1.54) is 0 Å². The summed E-state index contributed by atoms with van der Waals surface area (Å²) in [6.45, 7) is 3.08. The number of hydrogen-bond acceptors (Lipinski definition) is 7. The van der Waals surface area contributed by atoms with E-state index in [4.69, 9.17) is 13.8 Å². The van der Waals surface area contributed by atoms with Crippen LogP contribution < -0.4 is 5.32 Å². The van der Waals surface area contributed by atoms with E-state index < -0.39 is 26.5 Å². The molecule has 0 spiro atoms. The zero-order valence-corrected chi connectivity index (χ0v) is 27.7. The van der Waals surface area contributed by atoms with E-state index >= 15 is 0 Å². The van der Waals surface area contributed by atoms with E-state index in [0.717, 1.165) is 64.2 Å². The average Bonchev–Trinajstić information content (AvgIpc) is 3.00. The van der Waals surface area contributed by atoms with Crippen LogP contribution in [-0.2, 0) is 27.9 Å². The number of unbranched alkanes of at least 4 members (excludes halogenated alkanes) is 3. The van der Waals surface area contributed by atoms with Gasteiger partial charge in [-0.2, -0.15) is 0 Å². The van der Waals surface area contributed by atoms with Crippen molar-refractivity contribution in [2.75, 3.05) is 26.4 Å². The second kappa shape index (κ2) is 30.5. The highest BCUT2D eigenvalue weighted by Gasteiger charge is 2.23. The molecule has 9 nitrogen and oxygen atoms in total. The van der Waals surface area contributed by atoms with Crippen molar-refractivity contribution in [1.29, 1.82) is 0 Å². The van der Waals surface area contributed by atoms with Crippen LogP contribution in [0.2, 0.25) is 0 Å². The zero-order valence-electron chi connectivity index (χ0n) is 26.8. The molecule has 0 radical (unpaired) electrons. The Morgan fingerprint density at radius 3 is 1.82 bits per heavy atom. The smallest absolute Gasteiger partial charge is 0.463 e. The van der Waals surface area contributed by atoms with Gasteiger partial charge in [-0.05, 0) is 64.2 Å². The molecule has 3 N–H and O–H groups in total. The fourth-order valence-corrected chi connectivity index (χ4v) is 4.23. The van der Waals surface area contributed by atoms with Gasteiger partial charge >= 0.3 is 13.8 Å². The summed E-state index contributed by atoms with van der Waals surface area (Å²) in [6.07, 6.45) is 35.1. The number of aliphatic hydroxyl groups excluding tert-OH is 1. The minimum absolute atomic E-state index is 0.0662. The van der Waals surface area contributed by atoms with Crippen molar-refractivity contribution < 1.29 is 37.9 Å². The zero-order chi connectivity index (χ0) is 32.6. The van der Waals surface area contributed by atoms with Gasteiger partial charge in [0, 0.05) is 19.4 Å². The molecule has 0 aromatic carbocycles. The number of hydrogen-bond donors (Lipinski definition) is 3. The Hall–Kier alpha value is -2.55. The van der Waals surface area contributed by atoms with E-state index in [0.29, 0.717) is 12.8 Å². The van der Waals surface area contributed by atoms with E-state index in [-0.39, 0.29) is 32.1 Å². The Morgan fingerprint density at radius 1 is 0.727 bits per heavy atom. The number of phosphoric ester groups is 1. The third kappa shape index (κ3) is 30.9. The molecule has 0 aliphatic heterocycles. The molecule has 44 heavy (non-hydrogen) atoms. The lowest BCUT2D eigenvalue weighted by atomic mass is 10.2. The fraction of sp³-hybridized carbons (Fsp3) is 0.588. The fourth-order valence-electron chi connectivity index (χ4n) is 3.48. The van der Waals surface area contributed by atoms with Crippen LogP contribution in [-0.4, -0.2) is 54.3 Å². The molecule has 0 rings (SSSR count). The van der Waals surface area contributed by atoms with Crippen molar-refractivity contribution in [3.63, 3.8) is 0 Å². The monoisotopic (exact) mass is 637 g/mol. The topological polar surface area (TPSA) is 131 Å². The van der Waals surface area contributed by atoms with Crippen molar-refractivity contribution in [2.45, 2.75) is 103 Å². The number of rotatable bonds is 28. The van der Waals surface area contributed by atoms with Crippen LogP contribution in [0.15, 0.2) is 72.9 Å². The van der Waals surface area contributed by atoms with Gasteiger partial charge in [-0.25, -0.2) is 4.57 Å². The molecular weight excluding hydrogens is 581 g/mol. The molecule has 0 heterocycles. The van der Waals surface area contributed by atoms with E-state index in [9.17, 15) is 24.2 Å². The average molecular weight is 638 g/mol. The third-order valence-electron chi connectivity index (χ3n) is 5.90. The Labute approximate surface area is 265 Å². The quantitative estimate of drug-likeness (QED) is 0.0346. The molecule has 0 aliphatic carbocycles. The first-order valence-electron chi connectivity index (χ1n) is 15.9. The molecule has 10 heteroatoms. The van der Waals surface area contributed by atoms with Crippen LogP contribution in [0.4, 0.5) is 0 Å². The first kappa shape index (κ1) is 41.4. The van der Waals surface area contributed by atoms with Crippen molar-refractivity contribution in [1.82, 2.24) is 5.32 Å². The molecule has 0 fully saturated rings. The molecule has 0 bridgehead atoms. The standard InChI is InChI=1S/C34H56NO8P/c1-3-5-7-8-9-10-11-12-13-14-15-16-17-18-19-20-21-22-23-24-25-27-34(38)41-30-32(36)31-43-44(39,40)42-29-28-35-33(37)26-6-4-2/h5,7,9-10,12-13,15-16,18-19,21-22,32,36H,3-4,6,8,11,14,17,20,23-31H2,1-2H3,(H,35,37)(H,39,40)/b7-5-,10-9-,13-12-,16-15-,19-18-,22-21-. The van der Waals surface area contributed by atoms with Crippen molar-refractivity contribution >= 4 is 19.7 Å². The van der Waals surface area contributed by atoms with Crippen LogP contribution in [0.1, 0.15) is 97.3 Å². The highest BCUT2D eigenvalue weighted by Crippen LogP contribution is 2.42. The predicted octanol–water partition coefficient (Wildman–Crippen LogP) is 7.59. The molecular formula is C34H56NO8P. The van der Waals surface area contributed by atoms with Gasteiger partial charge < -0.3 is 20.1 Å². The summed E-state index contributed by atoms with van der Waals surface area (Å²) in [5.41, 5.74) is 0. The lowest BCUT2D eigenvalue weighted by molar-refractivity contribution is -0.147. The Balaban J connectivity index is 3.74. The van der Waals surface area contributed by atoms with Crippen LogP contribution in [0, 0.1) is 0 Å². The molecule has 0 saturated carbocycles. The van der Waals surface area contributed by atoms with Crippen molar-refractivity contribution in [3.8, 4) is 0 Å². The van der Waals surface area contributed by atoms with Crippen molar-refractivity contribution in [2.24, 2.45) is 0 Å². The minimum atomic E-state index is -4.40. The summed E-state index contributed by atoms with van der Waals surface area (Å²) in [6, 6.07) is 0. The molecule has 2 unspecified atom stereocenters. The third-order valence-corrected chi connectivity index (χ3v) is 6.89. The minimum Gasteiger partial charge on any atom is -0.463 e. The maximum Gasteiger partial charge on any atom is 0.472 e. The number of allylic oxidation sites excluding steroid dienone is 12. The summed E-state index contributed by atoms with van der Waals surface area (Å²) in [4.78, 5) is 33.0. The summed E-state index contributed by atoms with van der Waals surface area (Å²) in [7, 11) is -4.40. The van der Waals surface area contributed by atoms with E-state index in [1.807, 2.05) is 6.92 Å². The number of nitrogens with one attached hydrogen (secondary N) is 1. The Bertz CT molecular complexity index is 955. The number of phosphoric acid groups is 1. The number of carbonyl (C=O) groups is 2. The molecule has 0 aromatic rings. The first-order chi connectivity index (χ1) is 21.3. The van der Waals surface area contributed by atoms with E-state index in [1.54, 1.807) is 0 Å². The van der Waals surface area contributed by atoms with Crippen LogP contribution in [0.3, 0.4) is 0 Å². The highest BCUT2D eigenvalue weighted by molar-refractivity contribution is 7.47. The van der Waals surface area contributed by atoms with Gasteiger partial charge in [0.25, 0.3) is 0 Å². The number of esters is 1. The lowest BCUT2D eigenvalue weighted by Gasteiger charge is -2.15. The van der Waals surface area contributed by atoms with Crippen LogP contribution in [0.25, 0.3) is 0 Å². The number of carbonyl (C=O) groups excluding carboxylic acids is 2. The maximum absolute atomic E-state index is 11.9. The van der Waals surface area contributed by atoms with Crippen LogP contribution >= 0.6 is 7.82 Å². The van der Waals surface area contributed by atoms with Gasteiger partial charge in [-0.1, -0.05) is 93.2 Å². The SMILES string of the molecule is CC/C=C\C/C=C\C/C=C\C/C=C\C/C=C\C/C=C\CCCCC(=O)OCC(O)COP(=O)(O)OCCNC(=O)CCCC. The van der Waals surface area contributed by atoms with Crippen LogP contribution in [0.5, 0.6) is 0 Å². The lowest BCUT2D eigenvalue weighted by Crippen LogP contribution is -2.27. The largest absolute Gasteiger partial charge is 0.472 e. The number of ether oxygens (including phenoxy) is 1. The van der Waals surface area contributed by atoms with E-state index in [2.05, 4.69) is 85.2 Å². The number of amides is 1. The van der Waals surface area contributed by atoms with Crippen molar-refractivity contribution in [3.05, 3.63) is 72.9 Å². The molecule has 0 aliphatic rings. The predicted molar refractivity (Wildman–Crippen MR) is 178 cm³/mol. The van der Waals surface area contributed by atoms with Gasteiger partial charge in [-0.3, -0.25) is 18.6 Å². The summed E-state index contributed by atoms with van der Waals surface area (Å²) >= 11 is 0. The van der Waals surface area contributed by atoms with Gasteiger partial charge in [0.2, 0.25) is 5.91 Å². The Kier molecular flexibility index (Phi) is 28.7. The second-order valence-electron chi connectivity index (χ2n) is 10.0. The molecule has 0 saturated heterocycles. The number of aliphatic hydroxyl groups is 1. The van der Waals surface area contributed by atoms with Gasteiger partial charge in [0.15, 0.2) is 0 Å². The summed E-state index contributed by atoms with van der Waals surface area (Å²) < 4.78 is 26.3. The first-order valence-corrected chi connectivity index (χ1v) is 17.4. The van der Waals surface area contributed by atoms with Gasteiger partial charge in [0.05, 0.1) is 13.2 Å².